The van der Waals surface area contributed by atoms with E-state index in [4.69, 9.17) is 5.73 Å². The molecule has 2 atom stereocenters. The SMILES string of the molecule is CC1(C)CCC(N)CC1CC1CC=CC1. The van der Waals surface area contributed by atoms with Crippen LogP contribution in [0.1, 0.15) is 52.4 Å². The van der Waals surface area contributed by atoms with Crippen molar-refractivity contribution >= 4 is 0 Å². The maximum Gasteiger partial charge on any atom is 0.00418 e. The molecule has 1 saturated carbocycles. The maximum absolute atomic E-state index is 6.10. The van der Waals surface area contributed by atoms with Crippen LogP contribution in [0.25, 0.3) is 0 Å². The van der Waals surface area contributed by atoms with Gasteiger partial charge in [-0.15, -0.1) is 0 Å². The van der Waals surface area contributed by atoms with Gasteiger partial charge in [0.2, 0.25) is 0 Å². The minimum absolute atomic E-state index is 0.470. The standard InChI is InChI=1S/C14H25N/c1-14(2)8-7-13(15)10-12(14)9-11-5-3-4-6-11/h3-4,11-13H,5-10,15H2,1-2H3. The summed E-state index contributed by atoms with van der Waals surface area (Å²) in [7, 11) is 0. The third-order valence-electron chi connectivity index (χ3n) is 4.58. The molecule has 2 aliphatic carbocycles. The van der Waals surface area contributed by atoms with E-state index in [9.17, 15) is 0 Å². The van der Waals surface area contributed by atoms with Crippen molar-refractivity contribution in [2.45, 2.75) is 58.4 Å². The van der Waals surface area contributed by atoms with Crippen LogP contribution in [0, 0.1) is 17.3 Å². The van der Waals surface area contributed by atoms with Crippen molar-refractivity contribution in [3.05, 3.63) is 12.2 Å². The first-order valence-corrected chi connectivity index (χ1v) is 6.48. The minimum Gasteiger partial charge on any atom is -0.328 e. The zero-order valence-electron chi connectivity index (χ0n) is 10.2. The van der Waals surface area contributed by atoms with E-state index in [1.807, 2.05) is 0 Å². The lowest BCUT2D eigenvalue weighted by Crippen LogP contribution is -2.38. The molecule has 1 nitrogen and oxygen atoms in total. The van der Waals surface area contributed by atoms with E-state index < -0.39 is 0 Å². The number of rotatable bonds is 2. The highest BCUT2D eigenvalue weighted by molar-refractivity contribution is 4.97. The summed E-state index contributed by atoms with van der Waals surface area (Å²) in [5, 5.41) is 0. The molecular weight excluding hydrogens is 182 g/mol. The van der Waals surface area contributed by atoms with Crippen LogP contribution < -0.4 is 5.73 Å². The van der Waals surface area contributed by atoms with Gasteiger partial charge in [-0.05, 0) is 55.8 Å². The van der Waals surface area contributed by atoms with E-state index in [1.165, 1.54) is 38.5 Å². The van der Waals surface area contributed by atoms with Gasteiger partial charge in [0.05, 0.1) is 0 Å². The Bertz CT molecular complexity index is 234. The van der Waals surface area contributed by atoms with Crippen LogP contribution in [0.5, 0.6) is 0 Å². The minimum atomic E-state index is 0.470. The van der Waals surface area contributed by atoms with Crippen LogP contribution in [-0.2, 0) is 0 Å². The molecule has 0 spiro atoms. The third kappa shape index (κ3) is 2.63. The van der Waals surface area contributed by atoms with Gasteiger partial charge in [-0.3, -0.25) is 0 Å². The van der Waals surface area contributed by atoms with Gasteiger partial charge in [-0.1, -0.05) is 26.0 Å². The summed E-state index contributed by atoms with van der Waals surface area (Å²) in [5.41, 5.74) is 6.63. The first-order chi connectivity index (χ1) is 7.08. The van der Waals surface area contributed by atoms with Crippen LogP contribution in [-0.4, -0.2) is 6.04 Å². The van der Waals surface area contributed by atoms with E-state index in [0.29, 0.717) is 11.5 Å². The second-order valence-electron chi connectivity index (χ2n) is 6.26. The summed E-state index contributed by atoms with van der Waals surface area (Å²) in [4.78, 5) is 0. The normalized spacial score (nSPS) is 35.9. The summed E-state index contributed by atoms with van der Waals surface area (Å²) in [5.74, 6) is 1.77. The average molecular weight is 207 g/mol. The van der Waals surface area contributed by atoms with Crippen LogP contribution >= 0.6 is 0 Å². The van der Waals surface area contributed by atoms with Crippen molar-refractivity contribution in [1.82, 2.24) is 0 Å². The second kappa shape index (κ2) is 4.29. The number of allylic oxidation sites excluding steroid dienone is 2. The molecule has 0 bridgehead atoms. The van der Waals surface area contributed by atoms with E-state index >= 15 is 0 Å². The zero-order chi connectivity index (χ0) is 10.9. The second-order valence-corrected chi connectivity index (χ2v) is 6.26. The van der Waals surface area contributed by atoms with Gasteiger partial charge in [0, 0.05) is 6.04 Å². The van der Waals surface area contributed by atoms with Crippen molar-refractivity contribution < 1.29 is 0 Å². The van der Waals surface area contributed by atoms with Gasteiger partial charge >= 0.3 is 0 Å². The smallest absolute Gasteiger partial charge is 0.00418 e. The fourth-order valence-electron chi connectivity index (χ4n) is 3.25. The topological polar surface area (TPSA) is 26.0 Å². The quantitative estimate of drug-likeness (QED) is 0.689. The molecule has 15 heavy (non-hydrogen) atoms. The Hall–Kier alpha value is -0.300. The molecule has 0 aromatic rings. The van der Waals surface area contributed by atoms with E-state index in [2.05, 4.69) is 26.0 Å². The van der Waals surface area contributed by atoms with Gasteiger partial charge in [0.15, 0.2) is 0 Å². The van der Waals surface area contributed by atoms with Gasteiger partial charge in [0.1, 0.15) is 0 Å². The van der Waals surface area contributed by atoms with E-state index in [0.717, 1.165) is 11.8 Å². The molecule has 0 heterocycles. The molecule has 2 rings (SSSR count). The van der Waals surface area contributed by atoms with Crippen LogP contribution in [0.3, 0.4) is 0 Å². The van der Waals surface area contributed by atoms with Crippen molar-refractivity contribution in [3.8, 4) is 0 Å². The van der Waals surface area contributed by atoms with E-state index in [1.54, 1.807) is 0 Å². The summed E-state index contributed by atoms with van der Waals surface area (Å²) in [6.07, 6.45) is 12.5. The van der Waals surface area contributed by atoms with Crippen molar-refractivity contribution in [1.29, 1.82) is 0 Å². The predicted octanol–water partition coefficient (Wildman–Crippen LogP) is 3.50. The Labute approximate surface area is 94.1 Å². The number of nitrogens with two attached hydrogens (primary N) is 1. The molecule has 0 saturated heterocycles. The average Bonchev–Trinajstić information content (AvgIpc) is 2.65. The van der Waals surface area contributed by atoms with Crippen LogP contribution in [0.15, 0.2) is 12.2 Å². The molecule has 1 heteroatoms. The monoisotopic (exact) mass is 207 g/mol. The lowest BCUT2D eigenvalue weighted by molar-refractivity contribution is 0.101. The van der Waals surface area contributed by atoms with Crippen LogP contribution in [0.4, 0.5) is 0 Å². The highest BCUT2D eigenvalue weighted by Crippen LogP contribution is 2.44. The maximum atomic E-state index is 6.10. The van der Waals surface area contributed by atoms with E-state index in [-0.39, 0.29) is 0 Å². The van der Waals surface area contributed by atoms with Crippen LogP contribution in [0.2, 0.25) is 0 Å². The first kappa shape index (κ1) is 11.2. The van der Waals surface area contributed by atoms with Crippen molar-refractivity contribution in [2.24, 2.45) is 23.0 Å². The summed E-state index contributed by atoms with van der Waals surface area (Å²) < 4.78 is 0. The van der Waals surface area contributed by atoms with Crippen molar-refractivity contribution in [2.75, 3.05) is 0 Å². The van der Waals surface area contributed by atoms with Crippen molar-refractivity contribution in [3.63, 3.8) is 0 Å². The zero-order valence-corrected chi connectivity index (χ0v) is 10.2. The lowest BCUT2D eigenvalue weighted by Gasteiger charge is -2.42. The summed E-state index contributed by atoms with van der Waals surface area (Å²) in [6.45, 7) is 4.87. The lowest BCUT2D eigenvalue weighted by atomic mass is 9.64. The van der Waals surface area contributed by atoms with Gasteiger partial charge in [0.25, 0.3) is 0 Å². The Morgan fingerprint density at radius 2 is 1.93 bits per heavy atom. The largest absolute Gasteiger partial charge is 0.328 e. The number of hydrogen-bond acceptors (Lipinski definition) is 1. The molecule has 2 unspecified atom stereocenters. The predicted molar refractivity (Wildman–Crippen MR) is 65.6 cm³/mol. The number of hydrogen-bond donors (Lipinski definition) is 1. The molecule has 0 amide bonds. The highest BCUT2D eigenvalue weighted by Gasteiger charge is 2.36. The van der Waals surface area contributed by atoms with Gasteiger partial charge < -0.3 is 5.73 Å². The molecule has 0 aliphatic heterocycles. The van der Waals surface area contributed by atoms with Gasteiger partial charge in [-0.2, -0.15) is 0 Å². The fourth-order valence-corrected chi connectivity index (χ4v) is 3.25. The molecule has 2 N–H and O–H groups in total. The summed E-state index contributed by atoms with van der Waals surface area (Å²) in [6, 6.07) is 0.470. The fraction of sp³-hybridized carbons (Fsp3) is 0.857. The molecule has 0 aromatic carbocycles. The van der Waals surface area contributed by atoms with Gasteiger partial charge in [-0.25, -0.2) is 0 Å². The molecule has 0 radical (unpaired) electrons. The Kier molecular flexibility index (Phi) is 3.20. The molecule has 2 aliphatic rings. The molecule has 86 valence electrons. The molecule has 1 fully saturated rings. The first-order valence-electron chi connectivity index (χ1n) is 6.48. The Balaban J connectivity index is 1.92. The molecule has 0 aromatic heterocycles. The third-order valence-corrected chi connectivity index (χ3v) is 4.58. The Morgan fingerprint density at radius 1 is 1.27 bits per heavy atom. The molecular formula is C14H25N. The Morgan fingerprint density at radius 3 is 2.60 bits per heavy atom. The summed E-state index contributed by atoms with van der Waals surface area (Å²) >= 11 is 0. The highest BCUT2D eigenvalue weighted by atomic mass is 14.7.